The van der Waals surface area contributed by atoms with E-state index in [9.17, 15) is 0 Å². The average molecular weight is 745 g/mol. The first-order valence-corrected chi connectivity index (χ1v) is 20.4. The van der Waals surface area contributed by atoms with E-state index in [2.05, 4.69) is 241 Å². The molecular weight excluding hydrogens is 701 g/mol. The molecule has 2 heteroatoms. The highest BCUT2D eigenvalue weighted by Gasteiger charge is 2.34. The van der Waals surface area contributed by atoms with E-state index in [0.29, 0.717) is 0 Å². The summed E-state index contributed by atoms with van der Waals surface area (Å²) in [4.78, 5) is 4.79. The topological polar surface area (TPSA) is 6.48 Å². The maximum atomic E-state index is 2.40. The first kappa shape index (κ1) is 35.3. The van der Waals surface area contributed by atoms with E-state index in [1.165, 1.54) is 61.3 Å². The van der Waals surface area contributed by atoms with Crippen LogP contribution in [-0.4, -0.2) is 6.04 Å². The van der Waals surface area contributed by atoms with Crippen LogP contribution in [0.4, 0.5) is 22.7 Å². The lowest BCUT2D eigenvalue weighted by atomic mass is 9.81. The molecule has 1 heterocycles. The molecule has 3 aliphatic rings. The van der Waals surface area contributed by atoms with Gasteiger partial charge < -0.3 is 9.80 Å². The number of anilines is 4. The van der Waals surface area contributed by atoms with Crippen LogP contribution in [0.2, 0.25) is 0 Å². The van der Waals surface area contributed by atoms with Crippen molar-refractivity contribution in [1.82, 2.24) is 0 Å². The van der Waals surface area contributed by atoms with E-state index in [1.54, 1.807) is 0 Å². The van der Waals surface area contributed by atoms with Gasteiger partial charge in [-0.15, -0.1) is 0 Å². The van der Waals surface area contributed by atoms with Crippen LogP contribution < -0.4 is 9.80 Å². The summed E-state index contributed by atoms with van der Waals surface area (Å²) in [7, 11) is 0. The van der Waals surface area contributed by atoms with Crippen LogP contribution in [0, 0.1) is 5.92 Å². The number of benzene rings is 7. The van der Waals surface area contributed by atoms with Gasteiger partial charge >= 0.3 is 0 Å². The Labute approximate surface area is 342 Å². The number of nitrogens with zero attached hydrogens (tertiary/aromatic N) is 2. The van der Waals surface area contributed by atoms with E-state index in [0.717, 1.165) is 29.9 Å². The first-order valence-electron chi connectivity index (χ1n) is 20.4. The maximum absolute atomic E-state index is 2.40. The van der Waals surface area contributed by atoms with E-state index in [1.807, 2.05) is 0 Å². The summed E-state index contributed by atoms with van der Waals surface area (Å²) in [6.45, 7) is 0. The third-order valence-corrected chi connectivity index (χ3v) is 11.7. The van der Waals surface area contributed by atoms with E-state index in [4.69, 9.17) is 0 Å². The first-order chi connectivity index (χ1) is 28.8. The van der Waals surface area contributed by atoms with Gasteiger partial charge in [-0.1, -0.05) is 176 Å². The van der Waals surface area contributed by atoms with E-state index < -0.39 is 0 Å². The monoisotopic (exact) mass is 744 g/mol. The zero-order chi connectivity index (χ0) is 38.7. The molecule has 0 fully saturated rings. The minimum absolute atomic E-state index is 0.223. The summed E-state index contributed by atoms with van der Waals surface area (Å²) < 4.78 is 0. The molecule has 0 bridgehead atoms. The predicted octanol–water partition coefficient (Wildman–Crippen LogP) is 14.9. The molecule has 10 rings (SSSR count). The molecule has 0 saturated carbocycles. The van der Waals surface area contributed by atoms with Crippen molar-refractivity contribution >= 4 is 33.9 Å². The quantitative estimate of drug-likeness (QED) is 0.145. The van der Waals surface area contributed by atoms with Crippen molar-refractivity contribution in [2.75, 3.05) is 9.80 Å². The molecule has 0 spiro atoms. The summed E-state index contributed by atoms with van der Waals surface area (Å²) in [6.07, 6.45) is 20.6. The summed E-state index contributed by atoms with van der Waals surface area (Å²) in [5.74, 6) is 0.234. The van der Waals surface area contributed by atoms with Crippen LogP contribution in [0.25, 0.3) is 44.5 Å². The third kappa shape index (κ3) is 6.95. The molecule has 0 amide bonds. The molecule has 1 aliphatic heterocycles. The van der Waals surface area contributed by atoms with Gasteiger partial charge in [0.1, 0.15) is 0 Å². The van der Waals surface area contributed by atoms with Gasteiger partial charge in [0.15, 0.2) is 0 Å². The van der Waals surface area contributed by atoms with E-state index in [-0.39, 0.29) is 12.0 Å². The Morgan fingerprint density at radius 3 is 1.64 bits per heavy atom. The molecule has 7 aromatic rings. The number of rotatable bonds is 9. The smallest absolute Gasteiger partial charge is 0.0623 e. The molecule has 0 radical (unpaired) electrons. The van der Waals surface area contributed by atoms with Crippen molar-refractivity contribution in [1.29, 1.82) is 0 Å². The lowest BCUT2D eigenvalue weighted by Crippen LogP contribution is -2.31. The molecular formula is C56H44N2. The molecule has 7 aromatic carbocycles. The SMILES string of the molecule is C1=CC2C(C=CN2c2ccccc2)C(c2ccc(N(c3ccc(-c4ccccc4)cc3)c3ccc(-c4ccc(C5=CCCC=C5)cc4)cc3)cc2-c2ccccc2)=C1. The van der Waals surface area contributed by atoms with Crippen molar-refractivity contribution in [2.24, 2.45) is 5.92 Å². The van der Waals surface area contributed by atoms with Crippen LogP contribution >= 0.6 is 0 Å². The molecule has 2 atom stereocenters. The Balaban J connectivity index is 1.04. The molecule has 0 saturated heterocycles. The fraction of sp³-hybridized carbons (Fsp3) is 0.0714. The van der Waals surface area contributed by atoms with Crippen molar-refractivity contribution in [3.63, 3.8) is 0 Å². The third-order valence-electron chi connectivity index (χ3n) is 11.7. The molecule has 278 valence electrons. The Hall–Kier alpha value is -7.16. The van der Waals surface area contributed by atoms with Crippen molar-refractivity contribution < 1.29 is 0 Å². The number of para-hydroxylation sites is 1. The molecule has 0 aromatic heterocycles. The van der Waals surface area contributed by atoms with Gasteiger partial charge in [-0.25, -0.2) is 0 Å². The fourth-order valence-corrected chi connectivity index (χ4v) is 8.73. The van der Waals surface area contributed by atoms with Crippen LogP contribution in [0.15, 0.2) is 231 Å². The highest BCUT2D eigenvalue weighted by Crippen LogP contribution is 2.45. The summed E-state index contributed by atoms with van der Waals surface area (Å²) in [5.41, 5.74) is 16.9. The highest BCUT2D eigenvalue weighted by atomic mass is 15.2. The van der Waals surface area contributed by atoms with Crippen molar-refractivity contribution in [3.8, 4) is 33.4 Å². The van der Waals surface area contributed by atoms with Gasteiger partial charge in [0.25, 0.3) is 0 Å². The maximum Gasteiger partial charge on any atom is 0.0623 e. The standard InChI is InChI=1S/C56H44N2/c1-5-14-41(15-6-1)43-24-26-44(27-25-43)46-30-34-50(35-31-46)58(49-32-28-45(29-33-49)42-16-7-2-8-17-42)51-36-37-53(55(40-51)47-18-9-3-10-19-47)52-22-13-23-56-54(52)38-39-57(56)48-20-11-4-12-21-48/h2-5,7-40,54,56H,1,6H2. The largest absolute Gasteiger partial charge is 0.340 e. The zero-order valence-electron chi connectivity index (χ0n) is 32.4. The zero-order valence-corrected chi connectivity index (χ0v) is 32.4. The molecule has 2 aliphatic carbocycles. The second-order valence-electron chi connectivity index (χ2n) is 15.2. The second kappa shape index (κ2) is 15.8. The van der Waals surface area contributed by atoms with Crippen LogP contribution in [0.5, 0.6) is 0 Å². The molecule has 0 N–H and O–H groups in total. The number of allylic oxidation sites excluding steroid dienone is 6. The Morgan fingerprint density at radius 2 is 1.02 bits per heavy atom. The van der Waals surface area contributed by atoms with Gasteiger partial charge in [0, 0.05) is 34.9 Å². The van der Waals surface area contributed by atoms with Gasteiger partial charge in [0.05, 0.1) is 6.04 Å². The average Bonchev–Trinajstić information content (AvgIpc) is 3.76. The Bertz CT molecular complexity index is 2680. The minimum Gasteiger partial charge on any atom is -0.340 e. The number of hydrogen-bond acceptors (Lipinski definition) is 2. The van der Waals surface area contributed by atoms with Gasteiger partial charge in [-0.05, 0) is 117 Å². The minimum atomic E-state index is 0.223. The van der Waals surface area contributed by atoms with Gasteiger partial charge in [-0.3, -0.25) is 0 Å². The van der Waals surface area contributed by atoms with E-state index >= 15 is 0 Å². The summed E-state index contributed by atoms with van der Waals surface area (Å²) >= 11 is 0. The van der Waals surface area contributed by atoms with Crippen molar-refractivity contribution in [3.05, 3.63) is 242 Å². The van der Waals surface area contributed by atoms with Crippen LogP contribution in [-0.2, 0) is 0 Å². The number of hydrogen-bond donors (Lipinski definition) is 0. The van der Waals surface area contributed by atoms with Gasteiger partial charge in [0.2, 0.25) is 0 Å². The lowest BCUT2D eigenvalue weighted by Gasteiger charge is -2.32. The lowest BCUT2D eigenvalue weighted by molar-refractivity contribution is 0.718. The van der Waals surface area contributed by atoms with Crippen LogP contribution in [0.1, 0.15) is 24.0 Å². The Morgan fingerprint density at radius 1 is 0.466 bits per heavy atom. The highest BCUT2D eigenvalue weighted by molar-refractivity contribution is 5.90. The molecule has 2 unspecified atom stereocenters. The van der Waals surface area contributed by atoms with Crippen molar-refractivity contribution in [2.45, 2.75) is 18.9 Å². The predicted molar refractivity (Wildman–Crippen MR) is 246 cm³/mol. The Kier molecular flexibility index (Phi) is 9.59. The molecule has 58 heavy (non-hydrogen) atoms. The summed E-state index contributed by atoms with van der Waals surface area (Å²) in [6, 6.07) is 66.4. The van der Waals surface area contributed by atoms with Crippen LogP contribution in [0.3, 0.4) is 0 Å². The molecule has 2 nitrogen and oxygen atoms in total. The summed E-state index contributed by atoms with van der Waals surface area (Å²) in [5, 5.41) is 0. The van der Waals surface area contributed by atoms with Gasteiger partial charge in [-0.2, -0.15) is 0 Å². The fourth-order valence-electron chi connectivity index (χ4n) is 8.73. The number of fused-ring (bicyclic) bond motifs is 1. The second-order valence-corrected chi connectivity index (χ2v) is 15.2. The normalized spacial score (nSPS) is 16.8.